The lowest BCUT2D eigenvalue weighted by atomic mass is 10.0. The molecule has 0 aromatic carbocycles. The predicted molar refractivity (Wildman–Crippen MR) is 251 cm³/mol. The average Bonchev–Trinajstić information content (AvgIpc) is 3.22. The van der Waals surface area contributed by atoms with Gasteiger partial charge in [0.25, 0.3) is 0 Å². The van der Waals surface area contributed by atoms with Gasteiger partial charge in [-0.2, -0.15) is 0 Å². The van der Waals surface area contributed by atoms with Gasteiger partial charge in [-0.25, -0.2) is 0 Å². The van der Waals surface area contributed by atoms with Gasteiger partial charge in [-0.15, -0.1) is 0 Å². The maximum absolute atomic E-state index is 12.7. The zero-order chi connectivity index (χ0) is 42.1. The Morgan fingerprint density at radius 3 is 1.21 bits per heavy atom. The van der Waals surface area contributed by atoms with Gasteiger partial charge in [-0.3, -0.25) is 9.59 Å². The molecule has 1 atom stereocenters. The van der Waals surface area contributed by atoms with E-state index in [1.54, 1.807) is 0 Å². The first-order chi connectivity index (χ1) is 28.6. The highest BCUT2D eigenvalue weighted by Gasteiger charge is 2.17. The molecule has 0 saturated heterocycles. The molecule has 0 N–H and O–H groups in total. The van der Waals surface area contributed by atoms with Crippen LogP contribution in [-0.2, 0) is 23.8 Å². The Bertz CT molecular complexity index is 966. The van der Waals surface area contributed by atoms with Crippen molar-refractivity contribution in [3.05, 3.63) is 48.6 Å². The minimum absolute atomic E-state index is 0.0615. The summed E-state index contributed by atoms with van der Waals surface area (Å²) in [6, 6.07) is 0. The molecule has 0 amide bonds. The van der Waals surface area contributed by atoms with Crippen molar-refractivity contribution in [1.29, 1.82) is 0 Å². The summed E-state index contributed by atoms with van der Waals surface area (Å²) in [5, 5.41) is 0. The van der Waals surface area contributed by atoms with Gasteiger partial charge in [-0.05, 0) is 44.9 Å². The molecule has 5 heteroatoms. The van der Waals surface area contributed by atoms with Gasteiger partial charge in [0.2, 0.25) is 0 Å². The number of rotatable bonds is 46. The van der Waals surface area contributed by atoms with E-state index in [9.17, 15) is 9.59 Å². The zero-order valence-electron chi connectivity index (χ0n) is 38.8. The zero-order valence-corrected chi connectivity index (χ0v) is 38.8. The first-order valence-corrected chi connectivity index (χ1v) is 25.2. The highest BCUT2D eigenvalue weighted by atomic mass is 16.6. The fraction of sp³-hybridized carbons (Fsp3) is 0.811. The third-order valence-electron chi connectivity index (χ3n) is 10.9. The van der Waals surface area contributed by atoms with Crippen LogP contribution in [0.5, 0.6) is 0 Å². The molecule has 0 fully saturated rings. The van der Waals surface area contributed by atoms with E-state index in [-0.39, 0.29) is 25.2 Å². The van der Waals surface area contributed by atoms with E-state index in [0.717, 1.165) is 51.4 Å². The topological polar surface area (TPSA) is 61.8 Å². The Morgan fingerprint density at radius 1 is 0.397 bits per heavy atom. The molecule has 0 aliphatic heterocycles. The third kappa shape index (κ3) is 46.5. The van der Waals surface area contributed by atoms with E-state index in [1.165, 1.54) is 161 Å². The van der Waals surface area contributed by atoms with Crippen molar-refractivity contribution >= 4 is 11.9 Å². The lowest BCUT2D eigenvalue weighted by molar-refractivity contribution is -0.162. The van der Waals surface area contributed by atoms with Crippen molar-refractivity contribution in [2.24, 2.45) is 0 Å². The highest BCUT2D eigenvalue weighted by molar-refractivity contribution is 5.70. The van der Waals surface area contributed by atoms with Crippen LogP contribution >= 0.6 is 0 Å². The number of carbonyl (C=O) groups excluding carboxylic acids is 2. The van der Waals surface area contributed by atoms with Gasteiger partial charge < -0.3 is 14.2 Å². The molecule has 0 spiro atoms. The van der Waals surface area contributed by atoms with Crippen molar-refractivity contribution in [3.63, 3.8) is 0 Å². The summed E-state index contributed by atoms with van der Waals surface area (Å²) < 4.78 is 17.3. The van der Waals surface area contributed by atoms with Crippen molar-refractivity contribution in [1.82, 2.24) is 0 Å². The minimum atomic E-state index is -0.568. The maximum Gasteiger partial charge on any atom is 0.306 e. The quantitative estimate of drug-likeness (QED) is 0.0348. The van der Waals surface area contributed by atoms with E-state index in [0.29, 0.717) is 25.9 Å². The van der Waals surface area contributed by atoms with Gasteiger partial charge in [0, 0.05) is 19.4 Å². The Morgan fingerprint density at radius 2 is 0.776 bits per heavy atom. The van der Waals surface area contributed by atoms with Crippen LogP contribution in [0.2, 0.25) is 0 Å². The molecule has 0 heterocycles. The number of hydrogen-bond acceptors (Lipinski definition) is 5. The first-order valence-electron chi connectivity index (χ1n) is 25.2. The van der Waals surface area contributed by atoms with Crippen molar-refractivity contribution in [3.8, 4) is 0 Å². The smallest absolute Gasteiger partial charge is 0.306 e. The molecular formula is C53H96O5. The van der Waals surface area contributed by atoms with Gasteiger partial charge in [0.15, 0.2) is 6.10 Å². The molecule has 0 saturated carbocycles. The van der Waals surface area contributed by atoms with Crippen molar-refractivity contribution < 1.29 is 23.8 Å². The number of hydrogen-bond donors (Lipinski definition) is 0. The van der Waals surface area contributed by atoms with Gasteiger partial charge >= 0.3 is 11.9 Å². The van der Waals surface area contributed by atoms with Gasteiger partial charge in [0.05, 0.1) is 6.61 Å². The number of carbonyl (C=O) groups is 2. The predicted octanol–water partition coefficient (Wildman–Crippen LogP) is 16.8. The first kappa shape index (κ1) is 55.9. The SMILES string of the molecule is CC/C=C\C/C=C\C/C=C\C/C=C\CCC(=O)OC(COCCCCCCCCCCCCCC)COC(=O)CCCCCCCCCCCCCCCCCCC. The second-order valence-electron chi connectivity index (χ2n) is 16.7. The molecule has 0 aliphatic carbocycles. The van der Waals surface area contributed by atoms with Crippen molar-refractivity contribution in [2.45, 2.75) is 258 Å². The number of unbranched alkanes of at least 4 members (excludes halogenated alkanes) is 27. The summed E-state index contributed by atoms with van der Waals surface area (Å²) >= 11 is 0. The van der Waals surface area contributed by atoms with E-state index in [1.807, 2.05) is 6.08 Å². The fourth-order valence-electron chi connectivity index (χ4n) is 7.17. The highest BCUT2D eigenvalue weighted by Crippen LogP contribution is 2.15. The second kappa shape index (κ2) is 49.2. The monoisotopic (exact) mass is 813 g/mol. The number of ether oxygens (including phenoxy) is 3. The lowest BCUT2D eigenvalue weighted by Gasteiger charge is -2.18. The average molecular weight is 813 g/mol. The van der Waals surface area contributed by atoms with Crippen LogP contribution in [0.15, 0.2) is 48.6 Å². The van der Waals surface area contributed by atoms with E-state index in [2.05, 4.69) is 63.3 Å². The van der Waals surface area contributed by atoms with E-state index >= 15 is 0 Å². The normalized spacial score (nSPS) is 12.5. The molecule has 5 nitrogen and oxygen atoms in total. The Hall–Kier alpha value is -2.14. The summed E-state index contributed by atoms with van der Waals surface area (Å²) in [4.78, 5) is 25.3. The standard InChI is InChI=1S/C53H96O5/c1-4-7-10-13-16-19-22-25-26-27-28-30-31-34-37-40-43-46-52(54)57-50-51(49-56-48-45-42-39-36-33-24-21-18-15-12-9-6-3)58-53(55)47-44-41-38-35-32-29-23-20-17-14-11-8-5-2/h8,11,17,20,29,32,38,41,51H,4-7,9-10,12-16,18-19,21-28,30-31,33-37,39-40,42-50H2,1-3H3/b11-8-,20-17-,32-29-,41-38-. The molecule has 1 unspecified atom stereocenters. The number of allylic oxidation sites excluding steroid dienone is 8. The molecule has 0 aromatic heterocycles. The third-order valence-corrected chi connectivity index (χ3v) is 10.9. The van der Waals surface area contributed by atoms with Crippen molar-refractivity contribution in [2.75, 3.05) is 19.8 Å². The second-order valence-corrected chi connectivity index (χ2v) is 16.7. The van der Waals surface area contributed by atoms with Crippen LogP contribution in [0, 0.1) is 0 Å². The van der Waals surface area contributed by atoms with Crippen LogP contribution in [0.4, 0.5) is 0 Å². The molecule has 0 bridgehead atoms. The molecule has 338 valence electrons. The minimum Gasteiger partial charge on any atom is -0.462 e. The largest absolute Gasteiger partial charge is 0.462 e. The van der Waals surface area contributed by atoms with Crippen LogP contribution in [0.25, 0.3) is 0 Å². The Kier molecular flexibility index (Phi) is 47.4. The van der Waals surface area contributed by atoms with Crippen LogP contribution in [-0.4, -0.2) is 37.9 Å². The fourth-order valence-corrected chi connectivity index (χ4v) is 7.17. The summed E-state index contributed by atoms with van der Waals surface area (Å²) in [6.07, 6.45) is 59.9. The molecule has 0 aromatic rings. The Labute approximate surface area is 361 Å². The molecular weight excluding hydrogens is 717 g/mol. The van der Waals surface area contributed by atoms with Crippen LogP contribution < -0.4 is 0 Å². The molecule has 58 heavy (non-hydrogen) atoms. The summed E-state index contributed by atoms with van der Waals surface area (Å²) in [5.41, 5.74) is 0. The maximum atomic E-state index is 12.7. The lowest BCUT2D eigenvalue weighted by Crippen LogP contribution is -2.30. The van der Waals surface area contributed by atoms with Gasteiger partial charge in [0.1, 0.15) is 6.61 Å². The molecule has 0 aliphatic rings. The van der Waals surface area contributed by atoms with Crippen LogP contribution in [0.1, 0.15) is 252 Å². The summed E-state index contributed by atoms with van der Waals surface area (Å²) in [5.74, 6) is -0.478. The molecule has 0 rings (SSSR count). The number of esters is 2. The van der Waals surface area contributed by atoms with E-state index < -0.39 is 6.10 Å². The summed E-state index contributed by atoms with van der Waals surface area (Å²) in [7, 11) is 0. The van der Waals surface area contributed by atoms with E-state index in [4.69, 9.17) is 14.2 Å². The van der Waals surface area contributed by atoms with Gasteiger partial charge in [-0.1, -0.05) is 243 Å². The molecule has 0 radical (unpaired) electrons. The van der Waals surface area contributed by atoms with Crippen LogP contribution in [0.3, 0.4) is 0 Å². The summed E-state index contributed by atoms with van der Waals surface area (Å²) in [6.45, 7) is 7.67. The Balaban J connectivity index is 4.27.